The molecule has 0 unspecified atom stereocenters. The number of ether oxygens (including phenoxy) is 3. The van der Waals surface area contributed by atoms with Crippen molar-refractivity contribution >= 4 is 5.78 Å². The van der Waals surface area contributed by atoms with Crippen LogP contribution < -0.4 is 14.2 Å². The molecule has 0 aromatic heterocycles. The SMILES string of the molecule is COc1c(O)c2c(c(CC=C(C)C)c1OC)O[C@H](c1ccc(O)cc1)CC2=O. The molecular weight excluding hydrogens is 360 g/mol. The highest BCUT2D eigenvalue weighted by Gasteiger charge is 2.36. The summed E-state index contributed by atoms with van der Waals surface area (Å²) in [5.41, 5.74) is 2.62. The third-order valence-electron chi connectivity index (χ3n) is 4.73. The van der Waals surface area contributed by atoms with Gasteiger partial charge in [0.1, 0.15) is 23.2 Å². The Balaban J connectivity index is 2.18. The van der Waals surface area contributed by atoms with E-state index in [1.54, 1.807) is 24.3 Å². The second kappa shape index (κ2) is 7.84. The molecule has 2 aromatic rings. The standard InChI is InChI=1S/C22H24O6/c1-12(2)5-10-15-20-18(19(25)22(27-4)21(15)26-3)16(24)11-17(28-20)13-6-8-14(23)9-7-13/h5-9,17,23,25H,10-11H2,1-4H3/t17-/m0/s1. The Kier molecular flexibility index (Phi) is 5.49. The maximum absolute atomic E-state index is 12.9. The number of benzene rings is 2. The second-order valence-electron chi connectivity index (χ2n) is 6.91. The molecule has 2 aromatic carbocycles. The van der Waals surface area contributed by atoms with Gasteiger partial charge in [-0.1, -0.05) is 23.8 Å². The number of hydrogen-bond donors (Lipinski definition) is 2. The van der Waals surface area contributed by atoms with E-state index in [1.807, 2.05) is 19.9 Å². The molecular formula is C22H24O6. The first-order valence-electron chi connectivity index (χ1n) is 8.99. The lowest BCUT2D eigenvalue weighted by atomic mass is 9.91. The van der Waals surface area contributed by atoms with E-state index in [4.69, 9.17) is 14.2 Å². The van der Waals surface area contributed by atoms with Gasteiger partial charge in [0.25, 0.3) is 0 Å². The van der Waals surface area contributed by atoms with E-state index < -0.39 is 6.10 Å². The summed E-state index contributed by atoms with van der Waals surface area (Å²) in [6, 6.07) is 6.53. The van der Waals surface area contributed by atoms with Crippen molar-refractivity contribution in [2.45, 2.75) is 32.8 Å². The normalized spacial score (nSPS) is 15.4. The fourth-order valence-corrected chi connectivity index (χ4v) is 3.33. The van der Waals surface area contributed by atoms with E-state index in [-0.39, 0.29) is 35.0 Å². The van der Waals surface area contributed by atoms with Crippen LogP contribution in [0, 0.1) is 0 Å². The van der Waals surface area contributed by atoms with E-state index in [0.717, 1.165) is 11.1 Å². The first-order chi connectivity index (χ1) is 13.4. The van der Waals surface area contributed by atoms with Gasteiger partial charge >= 0.3 is 0 Å². The van der Waals surface area contributed by atoms with Crippen LogP contribution in [0.15, 0.2) is 35.9 Å². The van der Waals surface area contributed by atoms with Crippen molar-refractivity contribution in [2.24, 2.45) is 0 Å². The Morgan fingerprint density at radius 3 is 2.36 bits per heavy atom. The summed E-state index contributed by atoms with van der Waals surface area (Å²) in [5, 5.41) is 20.2. The lowest BCUT2D eigenvalue weighted by Gasteiger charge is -2.29. The maximum Gasteiger partial charge on any atom is 0.204 e. The van der Waals surface area contributed by atoms with Gasteiger partial charge in [0, 0.05) is 5.56 Å². The number of phenols is 2. The summed E-state index contributed by atoms with van der Waals surface area (Å²) in [5.74, 6) is 0.399. The molecule has 0 bridgehead atoms. The molecule has 0 fully saturated rings. The highest BCUT2D eigenvalue weighted by molar-refractivity contribution is 6.04. The van der Waals surface area contributed by atoms with Crippen LogP contribution in [0.25, 0.3) is 0 Å². The minimum atomic E-state index is -0.524. The quantitative estimate of drug-likeness (QED) is 0.747. The third kappa shape index (κ3) is 3.50. The predicted octanol–water partition coefficient (Wildman–Crippen LogP) is 4.33. The molecule has 6 heteroatoms. The molecule has 1 heterocycles. The Labute approximate surface area is 164 Å². The Morgan fingerprint density at radius 2 is 1.79 bits per heavy atom. The molecule has 3 rings (SSSR count). The number of Topliss-reactive ketones (excluding diaryl/α,β-unsaturated/α-hetero) is 1. The van der Waals surface area contributed by atoms with Crippen molar-refractivity contribution in [1.29, 1.82) is 0 Å². The highest BCUT2D eigenvalue weighted by atomic mass is 16.5. The van der Waals surface area contributed by atoms with Crippen molar-refractivity contribution < 1.29 is 29.2 Å². The smallest absolute Gasteiger partial charge is 0.204 e. The number of fused-ring (bicyclic) bond motifs is 1. The molecule has 28 heavy (non-hydrogen) atoms. The number of hydrogen-bond acceptors (Lipinski definition) is 6. The molecule has 1 atom stereocenters. The fraction of sp³-hybridized carbons (Fsp3) is 0.318. The monoisotopic (exact) mass is 384 g/mol. The Morgan fingerprint density at radius 1 is 1.14 bits per heavy atom. The number of allylic oxidation sites excluding steroid dienone is 2. The third-order valence-corrected chi connectivity index (χ3v) is 4.73. The summed E-state index contributed by atoms with van der Waals surface area (Å²) in [4.78, 5) is 12.9. The average molecular weight is 384 g/mol. The molecule has 148 valence electrons. The van der Waals surface area contributed by atoms with Crippen molar-refractivity contribution in [3.63, 3.8) is 0 Å². The van der Waals surface area contributed by atoms with Gasteiger partial charge in [-0.3, -0.25) is 4.79 Å². The van der Waals surface area contributed by atoms with Crippen molar-refractivity contribution in [3.05, 3.63) is 52.6 Å². The fourth-order valence-electron chi connectivity index (χ4n) is 3.33. The minimum Gasteiger partial charge on any atom is -0.508 e. The van der Waals surface area contributed by atoms with Gasteiger partial charge < -0.3 is 24.4 Å². The predicted molar refractivity (Wildman–Crippen MR) is 105 cm³/mol. The van der Waals surface area contributed by atoms with E-state index in [1.165, 1.54) is 14.2 Å². The van der Waals surface area contributed by atoms with Crippen molar-refractivity contribution in [1.82, 2.24) is 0 Å². The van der Waals surface area contributed by atoms with Gasteiger partial charge in [-0.05, 0) is 38.0 Å². The topological polar surface area (TPSA) is 85.2 Å². The molecule has 2 N–H and O–H groups in total. The number of methoxy groups -OCH3 is 2. The summed E-state index contributed by atoms with van der Waals surface area (Å²) >= 11 is 0. The van der Waals surface area contributed by atoms with Crippen LogP contribution in [-0.2, 0) is 6.42 Å². The minimum absolute atomic E-state index is 0.0723. The van der Waals surface area contributed by atoms with Crippen molar-refractivity contribution in [3.8, 4) is 28.7 Å². The maximum atomic E-state index is 12.9. The van der Waals surface area contributed by atoms with Gasteiger partial charge in [0.2, 0.25) is 5.75 Å². The van der Waals surface area contributed by atoms with Gasteiger partial charge in [-0.2, -0.15) is 0 Å². The summed E-state index contributed by atoms with van der Waals surface area (Å²) < 4.78 is 17.0. The van der Waals surface area contributed by atoms with Gasteiger partial charge in [-0.15, -0.1) is 0 Å². The summed E-state index contributed by atoms with van der Waals surface area (Å²) in [6.45, 7) is 3.95. The van der Waals surface area contributed by atoms with Crippen LogP contribution in [0.1, 0.15) is 47.9 Å². The van der Waals surface area contributed by atoms with Crippen LogP contribution in [0.5, 0.6) is 28.7 Å². The van der Waals surface area contributed by atoms with E-state index in [0.29, 0.717) is 23.5 Å². The van der Waals surface area contributed by atoms with Gasteiger partial charge in [-0.25, -0.2) is 0 Å². The van der Waals surface area contributed by atoms with Crippen LogP contribution >= 0.6 is 0 Å². The highest BCUT2D eigenvalue weighted by Crippen LogP contribution is 2.52. The molecule has 0 amide bonds. The number of ketones is 1. The number of rotatable bonds is 5. The molecule has 0 saturated carbocycles. The lowest BCUT2D eigenvalue weighted by molar-refractivity contribution is 0.0840. The van der Waals surface area contributed by atoms with E-state index in [9.17, 15) is 15.0 Å². The molecule has 0 spiro atoms. The molecule has 1 aliphatic heterocycles. The Bertz CT molecular complexity index is 923. The zero-order valence-corrected chi connectivity index (χ0v) is 16.4. The van der Waals surface area contributed by atoms with Crippen LogP contribution in [-0.4, -0.2) is 30.2 Å². The molecule has 6 nitrogen and oxygen atoms in total. The largest absolute Gasteiger partial charge is 0.508 e. The zero-order valence-electron chi connectivity index (χ0n) is 16.4. The first-order valence-corrected chi connectivity index (χ1v) is 8.99. The molecule has 0 saturated heterocycles. The molecule has 0 aliphatic carbocycles. The summed E-state index contributed by atoms with van der Waals surface area (Å²) in [6.07, 6.45) is 2.00. The second-order valence-corrected chi connectivity index (χ2v) is 6.91. The van der Waals surface area contributed by atoms with Crippen LogP contribution in [0.3, 0.4) is 0 Å². The van der Waals surface area contributed by atoms with E-state index >= 15 is 0 Å². The summed E-state index contributed by atoms with van der Waals surface area (Å²) in [7, 11) is 2.90. The molecule has 1 aliphatic rings. The lowest BCUT2D eigenvalue weighted by Crippen LogP contribution is -2.22. The number of aromatic hydroxyl groups is 2. The Hall–Kier alpha value is -3.15. The van der Waals surface area contributed by atoms with Crippen LogP contribution in [0.4, 0.5) is 0 Å². The number of carbonyl (C=O) groups excluding carboxylic acids is 1. The molecule has 0 radical (unpaired) electrons. The van der Waals surface area contributed by atoms with Gasteiger partial charge in [0.05, 0.1) is 20.6 Å². The van der Waals surface area contributed by atoms with Gasteiger partial charge in [0.15, 0.2) is 17.3 Å². The zero-order chi connectivity index (χ0) is 20.4. The average Bonchev–Trinajstić information content (AvgIpc) is 2.66. The number of carbonyl (C=O) groups is 1. The first kappa shape index (κ1) is 19.6. The number of phenolic OH excluding ortho intramolecular Hbond substituents is 2. The van der Waals surface area contributed by atoms with E-state index in [2.05, 4.69) is 0 Å². The van der Waals surface area contributed by atoms with Crippen molar-refractivity contribution in [2.75, 3.05) is 14.2 Å². The van der Waals surface area contributed by atoms with Crippen LogP contribution in [0.2, 0.25) is 0 Å².